The fourth-order valence-corrected chi connectivity index (χ4v) is 2.55. The number of non-ortho nitro benzene ring substituents is 1. The Morgan fingerprint density at radius 2 is 1.93 bits per heavy atom. The van der Waals surface area contributed by atoms with Gasteiger partial charge >= 0.3 is 6.09 Å². The van der Waals surface area contributed by atoms with Crippen LogP contribution in [0.5, 0.6) is 0 Å². The van der Waals surface area contributed by atoms with Gasteiger partial charge in [0, 0.05) is 12.1 Å². The second-order valence-electron chi connectivity index (χ2n) is 8.39. The molecule has 0 unspecified atom stereocenters. The monoisotopic (exact) mass is 423 g/mol. The molecule has 1 heterocycles. The van der Waals surface area contributed by atoms with Crippen molar-refractivity contribution in [3.8, 4) is 0 Å². The van der Waals surface area contributed by atoms with E-state index in [1.165, 1.54) is 22.9 Å². The summed E-state index contributed by atoms with van der Waals surface area (Å²) in [4.78, 5) is 23.0. The van der Waals surface area contributed by atoms with E-state index in [4.69, 9.17) is 21.7 Å². The normalized spacial score (nSPS) is 13.2. The Morgan fingerprint density at radius 3 is 2.48 bits per heavy atom. The highest BCUT2D eigenvalue weighted by Gasteiger charge is 2.27. The van der Waals surface area contributed by atoms with Crippen LogP contribution < -0.4 is 5.32 Å². The Kier molecular flexibility index (Phi) is 6.53. The van der Waals surface area contributed by atoms with Crippen LogP contribution in [0.2, 0.25) is 0 Å². The third kappa shape index (κ3) is 6.43. The molecule has 2 aromatic rings. The lowest BCUT2D eigenvalue weighted by Crippen LogP contribution is -2.48. The van der Waals surface area contributed by atoms with E-state index < -0.39 is 28.3 Å². The molecule has 0 saturated carbocycles. The quantitative estimate of drug-likeness (QED) is 0.442. The number of rotatable bonds is 5. The molecule has 0 saturated heterocycles. The fourth-order valence-electron chi connectivity index (χ4n) is 2.29. The summed E-state index contributed by atoms with van der Waals surface area (Å²) in [6.45, 7) is 10.9. The molecule has 1 N–H and O–H groups in total. The van der Waals surface area contributed by atoms with E-state index in [1.807, 2.05) is 20.8 Å². The molecule has 0 bridgehead atoms. The number of nitrogens with one attached hydrogen (secondary N) is 1. The smallest absolute Gasteiger partial charge is 0.408 e. The Hall–Kier alpha value is -2.66. The second kappa shape index (κ2) is 8.37. The van der Waals surface area contributed by atoms with Gasteiger partial charge in [-0.15, -0.1) is 5.10 Å². The molecular weight excluding hydrogens is 398 g/mol. The van der Waals surface area contributed by atoms with Gasteiger partial charge in [-0.3, -0.25) is 10.1 Å². The van der Waals surface area contributed by atoms with Crippen LogP contribution in [0.3, 0.4) is 0 Å². The summed E-state index contributed by atoms with van der Waals surface area (Å²) in [5.41, 5.74) is -0.498. The SMILES string of the molecule is CC(C)(C)OC[C@H](NC(=O)OC(C)(C)C)C(=S)n1nnc2ccc([N+](=O)[O-])cc21. The molecule has 1 aromatic carbocycles. The highest BCUT2D eigenvalue weighted by Crippen LogP contribution is 2.20. The predicted octanol–water partition coefficient (Wildman–Crippen LogP) is 3.22. The van der Waals surface area contributed by atoms with Crippen LogP contribution >= 0.6 is 12.2 Å². The Bertz CT molecular complexity index is 929. The zero-order valence-corrected chi connectivity index (χ0v) is 18.1. The molecule has 2 rings (SSSR count). The Labute approximate surface area is 173 Å². The van der Waals surface area contributed by atoms with E-state index in [0.717, 1.165) is 0 Å². The first-order valence-electron chi connectivity index (χ1n) is 8.94. The largest absolute Gasteiger partial charge is 0.444 e. The van der Waals surface area contributed by atoms with E-state index >= 15 is 0 Å². The van der Waals surface area contributed by atoms with Crippen molar-refractivity contribution < 1.29 is 19.2 Å². The molecule has 0 aliphatic carbocycles. The predicted molar refractivity (Wildman–Crippen MR) is 111 cm³/mol. The zero-order chi connectivity index (χ0) is 22.0. The molecule has 10 nitrogen and oxygen atoms in total. The number of hydrogen-bond donors (Lipinski definition) is 1. The molecule has 29 heavy (non-hydrogen) atoms. The molecule has 1 amide bonds. The van der Waals surface area contributed by atoms with Gasteiger partial charge in [0.25, 0.3) is 5.69 Å². The highest BCUT2D eigenvalue weighted by molar-refractivity contribution is 7.80. The molecule has 0 aliphatic heterocycles. The van der Waals surface area contributed by atoms with Crippen molar-refractivity contribution in [1.29, 1.82) is 0 Å². The number of nitro groups is 1. The molecule has 0 fully saturated rings. The van der Waals surface area contributed by atoms with E-state index in [0.29, 0.717) is 11.0 Å². The van der Waals surface area contributed by atoms with Crippen molar-refractivity contribution in [2.75, 3.05) is 6.61 Å². The number of fused-ring (bicyclic) bond motifs is 1. The van der Waals surface area contributed by atoms with Gasteiger partial charge in [-0.1, -0.05) is 17.4 Å². The fraction of sp³-hybridized carbons (Fsp3) is 0.556. The number of hydrogen-bond acceptors (Lipinski definition) is 8. The second-order valence-corrected chi connectivity index (χ2v) is 8.81. The van der Waals surface area contributed by atoms with Crippen LogP contribution in [0.1, 0.15) is 41.5 Å². The van der Waals surface area contributed by atoms with Crippen molar-refractivity contribution in [3.63, 3.8) is 0 Å². The lowest BCUT2D eigenvalue weighted by Gasteiger charge is -2.27. The lowest BCUT2D eigenvalue weighted by atomic mass is 10.2. The first-order valence-corrected chi connectivity index (χ1v) is 9.35. The van der Waals surface area contributed by atoms with E-state index in [9.17, 15) is 14.9 Å². The molecule has 1 atom stereocenters. The average Bonchev–Trinajstić information content (AvgIpc) is 2.98. The number of carbonyl (C=O) groups excluding carboxylic acids is 1. The van der Waals surface area contributed by atoms with Crippen LogP contribution in [0.15, 0.2) is 18.2 Å². The third-order valence-electron chi connectivity index (χ3n) is 3.52. The van der Waals surface area contributed by atoms with Crippen LogP contribution in [0, 0.1) is 10.1 Å². The van der Waals surface area contributed by atoms with Gasteiger partial charge in [-0.25, -0.2) is 9.48 Å². The summed E-state index contributed by atoms with van der Waals surface area (Å²) in [5.74, 6) is 0. The third-order valence-corrected chi connectivity index (χ3v) is 3.98. The number of amides is 1. The Morgan fingerprint density at radius 1 is 1.28 bits per heavy atom. The minimum Gasteiger partial charge on any atom is -0.444 e. The molecule has 158 valence electrons. The standard InChI is InChI=1S/C18H25N5O5S/c1-17(2,3)27-10-13(19-16(24)28-18(4,5)6)15(29)22-14-9-11(23(25)26)7-8-12(14)20-21-22/h7-9,13H,10H2,1-6H3,(H,19,24)/t13-/m0/s1. The maximum absolute atomic E-state index is 12.3. The van der Waals surface area contributed by atoms with Crippen LogP contribution in [0.25, 0.3) is 11.0 Å². The first-order chi connectivity index (χ1) is 13.3. The number of thiocarbonyl (C=S) groups is 1. The average molecular weight is 423 g/mol. The van der Waals surface area contributed by atoms with Gasteiger partial charge in [0.15, 0.2) is 0 Å². The van der Waals surface area contributed by atoms with Gasteiger partial charge in [-0.05, 0) is 47.6 Å². The molecule has 1 aromatic heterocycles. The van der Waals surface area contributed by atoms with Gasteiger partial charge in [0.1, 0.15) is 27.7 Å². The number of carbonyl (C=O) groups is 1. The number of benzene rings is 1. The number of nitrogens with zero attached hydrogens (tertiary/aromatic N) is 4. The molecule has 0 aliphatic rings. The maximum Gasteiger partial charge on any atom is 0.408 e. The van der Waals surface area contributed by atoms with Gasteiger partial charge in [0.2, 0.25) is 0 Å². The zero-order valence-electron chi connectivity index (χ0n) is 17.3. The topological polar surface area (TPSA) is 121 Å². The van der Waals surface area contributed by atoms with Crippen LogP contribution in [0.4, 0.5) is 10.5 Å². The maximum atomic E-state index is 12.3. The molecule has 0 spiro atoms. The van der Waals surface area contributed by atoms with E-state index in [2.05, 4.69) is 15.6 Å². The van der Waals surface area contributed by atoms with E-state index in [1.54, 1.807) is 20.8 Å². The highest BCUT2D eigenvalue weighted by atomic mass is 32.1. The Balaban J connectivity index is 2.35. The van der Waals surface area contributed by atoms with Crippen molar-refractivity contribution in [2.24, 2.45) is 0 Å². The summed E-state index contributed by atoms with van der Waals surface area (Å²) >= 11 is 5.52. The van der Waals surface area contributed by atoms with Gasteiger partial charge in [0.05, 0.1) is 17.1 Å². The summed E-state index contributed by atoms with van der Waals surface area (Å²) in [7, 11) is 0. The number of ether oxygens (including phenoxy) is 2. The number of nitro benzene ring substituents is 1. The first kappa shape index (κ1) is 22.6. The summed E-state index contributed by atoms with van der Waals surface area (Å²) < 4.78 is 12.4. The lowest BCUT2D eigenvalue weighted by molar-refractivity contribution is -0.384. The minimum absolute atomic E-state index is 0.0534. The molecule has 11 heteroatoms. The van der Waals surface area contributed by atoms with Crippen LogP contribution in [-0.4, -0.2) is 54.8 Å². The van der Waals surface area contributed by atoms with Crippen molar-refractivity contribution in [2.45, 2.75) is 58.8 Å². The van der Waals surface area contributed by atoms with Crippen molar-refractivity contribution in [3.05, 3.63) is 28.3 Å². The van der Waals surface area contributed by atoms with Crippen molar-refractivity contribution in [1.82, 2.24) is 20.3 Å². The van der Waals surface area contributed by atoms with Gasteiger partial charge < -0.3 is 14.8 Å². The van der Waals surface area contributed by atoms with Crippen molar-refractivity contribution >= 4 is 40.0 Å². The minimum atomic E-state index is -0.775. The number of aromatic nitrogens is 3. The summed E-state index contributed by atoms with van der Waals surface area (Å²) in [6.07, 6.45) is -0.669. The number of alkyl carbamates (subject to hydrolysis) is 1. The van der Waals surface area contributed by atoms with E-state index in [-0.39, 0.29) is 17.3 Å². The molecule has 0 radical (unpaired) electrons. The molecular formula is C18H25N5O5S. The van der Waals surface area contributed by atoms with Crippen LogP contribution in [-0.2, 0) is 9.47 Å². The van der Waals surface area contributed by atoms with Gasteiger partial charge in [-0.2, -0.15) is 0 Å². The summed E-state index contributed by atoms with van der Waals surface area (Å²) in [6, 6.07) is 3.38. The summed E-state index contributed by atoms with van der Waals surface area (Å²) in [5, 5.41) is 21.8.